The van der Waals surface area contributed by atoms with Crippen molar-refractivity contribution in [3.8, 4) is 0 Å². The van der Waals surface area contributed by atoms with Crippen LogP contribution in [0.25, 0.3) is 0 Å². The van der Waals surface area contributed by atoms with Gasteiger partial charge in [-0.1, -0.05) is 219 Å². The van der Waals surface area contributed by atoms with Gasteiger partial charge in [-0.15, -0.1) is 0 Å². The summed E-state index contributed by atoms with van der Waals surface area (Å²) >= 11 is 0. The van der Waals surface area contributed by atoms with Gasteiger partial charge in [0.15, 0.2) is 5.60 Å². The molecule has 726 valence electrons. The summed E-state index contributed by atoms with van der Waals surface area (Å²) in [6.07, 6.45) is 20.4. The fraction of sp³-hybridized carbons (Fsp3) is 1.00. The van der Waals surface area contributed by atoms with Crippen LogP contribution in [0.4, 0.5) is 17.6 Å². The average Bonchev–Trinajstić information content (AvgIpc) is 0.755. The minimum absolute atomic E-state index is 0.283. The van der Waals surface area contributed by atoms with Gasteiger partial charge in [-0.05, 0) is 309 Å². The fourth-order valence-corrected chi connectivity index (χ4v) is 17.2. The second-order valence-electron chi connectivity index (χ2n) is 44.4. The molecule has 0 aliphatic carbocycles. The Kier molecular flexibility index (Phi) is 71.1. The smallest absolute Gasteiger partial charge is 0.378 e. The largest absolute Gasteiger partial charge is 0.419 e. The third-order valence-electron chi connectivity index (χ3n) is 25.2. The summed E-state index contributed by atoms with van der Waals surface area (Å²) in [5.74, 6) is 9.24. The third-order valence-corrected chi connectivity index (χ3v) is 25.2. The van der Waals surface area contributed by atoms with Crippen molar-refractivity contribution >= 4 is 0 Å². The van der Waals surface area contributed by atoms with Crippen molar-refractivity contribution in [1.29, 1.82) is 0 Å². The number of nitrogens with zero attached hydrogens (tertiary/aromatic N) is 10. The SMILES string of the molecule is CC(C)C(C)N1CCCCC1.CC(C)C(C)N1CCCCC1(C)C.CC(C)CN1CC(C)C1.CC(C)CN1CC(F)C1.CC(C)CN1CC(O)(C(F)(F)F)C1.CC(C)CN1CCCCC1.CC(C)CN1CCCCC1(C)C.CC(C)CN1CCCCC1C.CC(C)N1CCCCC1.CCN(C)CC(C)C.CCNC(C)C(C)C.CCNCC(C)C. The second kappa shape index (κ2) is 69.2. The van der Waals surface area contributed by atoms with Crippen LogP contribution in [0, 0.1) is 71.0 Å². The van der Waals surface area contributed by atoms with E-state index in [4.69, 9.17) is 5.11 Å². The molecule has 4 unspecified atom stereocenters. The van der Waals surface area contributed by atoms with Crippen LogP contribution in [0.2, 0.25) is 0 Å². The van der Waals surface area contributed by atoms with Crippen LogP contribution < -0.4 is 10.6 Å². The molecule has 0 aromatic rings. The zero-order valence-corrected chi connectivity index (χ0v) is 87.9. The van der Waals surface area contributed by atoms with Gasteiger partial charge < -0.3 is 45.1 Å². The molecule has 0 radical (unpaired) electrons. The van der Waals surface area contributed by atoms with Crippen molar-refractivity contribution in [2.45, 2.75) is 424 Å². The summed E-state index contributed by atoms with van der Waals surface area (Å²) in [6.45, 7) is 109. The normalized spacial score (nSPS) is 21.9. The maximum absolute atomic E-state index is 12.2. The van der Waals surface area contributed by atoms with Crippen LogP contribution in [0.3, 0.4) is 0 Å². The van der Waals surface area contributed by atoms with Gasteiger partial charge in [0.05, 0.1) is 0 Å². The summed E-state index contributed by atoms with van der Waals surface area (Å²) in [5.41, 5.74) is -1.56. The van der Waals surface area contributed by atoms with Crippen molar-refractivity contribution in [1.82, 2.24) is 59.6 Å². The van der Waals surface area contributed by atoms with E-state index in [1.165, 1.54) is 220 Å². The Hall–Kier alpha value is -0.800. The van der Waals surface area contributed by atoms with Crippen LogP contribution >= 0.6 is 0 Å². The van der Waals surface area contributed by atoms with E-state index in [9.17, 15) is 17.6 Å². The molecule has 0 bridgehead atoms. The number of halogens is 4. The summed E-state index contributed by atoms with van der Waals surface area (Å²) in [6, 6.07) is 3.79. The third kappa shape index (κ3) is 63.2. The molecule has 9 rings (SSSR count). The lowest BCUT2D eigenvalue weighted by Crippen LogP contribution is -2.69. The zero-order chi connectivity index (χ0) is 92.7. The van der Waals surface area contributed by atoms with Crippen LogP contribution in [-0.2, 0) is 0 Å². The maximum Gasteiger partial charge on any atom is 0.419 e. The zero-order valence-electron chi connectivity index (χ0n) is 87.9. The molecule has 13 nitrogen and oxygen atoms in total. The van der Waals surface area contributed by atoms with Gasteiger partial charge in [-0.25, -0.2) is 4.39 Å². The number of aliphatic hydroxyl groups is 1. The quantitative estimate of drug-likeness (QED) is 0.0721. The number of nitrogens with one attached hydrogen (secondary N) is 2. The van der Waals surface area contributed by atoms with Crippen molar-refractivity contribution in [2.75, 3.05) is 177 Å². The molecule has 0 aromatic heterocycles. The standard InChI is InChI=1S/C12H25N.C11H23N.2C10H21N.C9H19N.C8H14F3NO.2C8H17N.C7H14FN.2C7H17N.C6H15N/c1-10(2)11(3)13-9-7-6-8-12(13,4)5;1-10(2)9-12-8-6-5-7-11(12,3)4;1-9(2)8-11-7-5-4-6-10(11)3;1-9(2)10(3)11-7-5-4-6-8-11;1-9(2)8-10-6-4-3-5-7-10;1-6(2)3-12-4-7(13,5-12)8(9,10)11;1-7(2)4-9-5-8(3)6-9;1-8(2)9-6-4-3-5-7-9;1-6(2)3-9-4-7(8)5-9;1-5-8(4)6-7(2)3;1-5-8-7(4)6(2)3;1-4-7-5-6(2)3/h10-11H,6-9H2,1-5H3;10H,5-9H2,1-4H3;2*9-10H,4-8H2,1-3H3;9H,3-8H2,1-2H3;6,13H,3-5H2,1-2H3;7-8H,4-6H2,1-3H3;8H,3-7H2,1-2H3;6-7H,3-5H2,1-2H3;7H,5-6H2,1-4H3;6-8H,5H2,1-4H3;6-7H,4-5H2,1-3H3. The lowest BCUT2D eigenvalue weighted by molar-refractivity contribution is -0.302. The topological polar surface area (TPSA) is 76.7 Å². The van der Waals surface area contributed by atoms with E-state index in [0.717, 1.165) is 116 Å². The molecule has 4 atom stereocenters. The van der Waals surface area contributed by atoms with E-state index in [1.54, 1.807) is 4.90 Å². The van der Waals surface area contributed by atoms with Crippen LogP contribution in [-0.4, -0.2) is 291 Å². The number of alkyl halides is 4. The Morgan fingerprint density at radius 1 is 0.417 bits per heavy atom. The Labute approximate surface area is 750 Å². The Morgan fingerprint density at radius 2 is 0.825 bits per heavy atom. The number of β-amino-alcohol motifs (C(OH)–C–C–N with tert-alkyl or cyclic N) is 1. The molecule has 0 aromatic carbocycles. The number of hydrogen-bond donors (Lipinski definition) is 3. The lowest BCUT2D eigenvalue weighted by Gasteiger charge is -2.47. The monoisotopic (exact) mass is 1720 g/mol. The molecule has 9 aliphatic heterocycles. The van der Waals surface area contributed by atoms with Gasteiger partial charge in [-0.3, -0.25) is 19.6 Å². The minimum atomic E-state index is -4.49. The highest BCUT2D eigenvalue weighted by molar-refractivity contribution is 5.01. The number of rotatable bonds is 26. The van der Waals surface area contributed by atoms with E-state index >= 15 is 0 Å². The first-order chi connectivity index (χ1) is 55.7. The van der Waals surface area contributed by atoms with E-state index in [-0.39, 0.29) is 13.1 Å². The first-order valence-electron chi connectivity index (χ1n) is 50.9. The van der Waals surface area contributed by atoms with E-state index in [2.05, 4.69) is 297 Å². The first-order valence-corrected chi connectivity index (χ1v) is 50.9. The summed E-state index contributed by atoms with van der Waals surface area (Å²) in [4.78, 5) is 24.4. The van der Waals surface area contributed by atoms with Crippen molar-refractivity contribution in [2.24, 2.45) is 71.0 Å². The molecule has 0 amide bonds. The Bertz CT molecular complexity index is 2220. The highest BCUT2D eigenvalue weighted by atomic mass is 19.4. The fourth-order valence-electron chi connectivity index (χ4n) is 17.2. The van der Waals surface area contributed by atoms with E-state index in [1.807, 2.05) is 13.8 Å². The molecule has 120 heavy (non-hydrogen) atoms. The van der Waals surface area contributed by atoms with Gasteiger partial charge >= 0.3 is 6.18 Å². The highest BCUT2D eigenvalue weighted by Gasteiger charge is 2.60. The maximum atomic E-state index is 12.2. The number of hydrogen-bond acceptors (Lipinski definition) is 13. The second-order valence-corrected chi connectivity index (χ2v) is 44.4. The first kappa shape index (κ1) is 123. The van der Waals surface area contributed by atoms with Gasteiger partial charge in [-0.2, -0.15) is 13.2 Å². The molecule has 9 heterocycles. The summed E-state index contributed by atoms with van der Waals surface area (Å²) < 4.78 is 48.5. The molecule has 3 N–H and O–H groups in total. The molecular weight excluding hydrogens is 1500 g/mol. The predicted molar refractivity (Wildman–Crippen MR) is 527 cm³/mol. The lowest BCUT2D eigenvalue weighted by atomic mass is 9.87. The van der Waals surface area contributed by atoms with Gasteiger partial charge in [0, 0.05) is 126 Å². The number of likely N-dealkylation sites (tertiary alicyclic amines) is 9. The van der Waals surface area contributed by atoms with Crippen molar-refractivity contribution in [3.05, 3.63) is 0 Å². The molecule has 17 heteroatoms. The van der Waals surface area contributed by atoms with Crippen LogP contribution in [0.15, 0.2) is 0 Å². The Balaban J connectivity index is -0.00000125. The minimum Gasteiger partial charge on any atom is -0.378 e. The molecule has 9 fully saturated rings. The molecular formula is C103H220F4N12O. The predicted octanol–water partition coefficient (Wildman–Crippen LogP) is 23.9. The van der Waals surface area contributed by atoms with Gasteiger partial charge in [0.25, 0.3) is 0 Å². The molecule has 0 spiro atoms. The van der Waals surface area contributed by atoms with Crippen LogP contribution in [0.1, 0.15) is 365 Å². The highest BCUT2D eigenvalue weighted by Crippen LogP contribution is 2.38. The Morgan fingerprint density at radius 3 is 1.15 bits per heavy atom. The number of piperidine rings is 6. The molecule has 9 saturated heterocycles. The van der Waals surface area contributed by atoms with Gasteiger partial charge in [0.2, 0.25) is 0 Å². The summed E-state index contributed by atoms with van der Waals surface area (Å²) in [7, 11) is 2.15. The van der Waals surface area contributed by atoms with Crippen molar-refractivity contribution < 1.29 is 22.7 Å². The molecule has 9 aliphatic rings. The summed E-state index contributed by atoms with van der Waals surface area (Å²) in [5, 5.41) is 15.7. The molecule has 0 saturated carbocycles. The van der Waals surface area contributed by atoms with Gasteiger partial charge in [0.1, 0.15) is 6.17 Å². The van der Waals surface area contributed by atoms with E-state index < -0.39 is 17.9 Å². The van der Waals surface area contributed by atoms with Crippen LogP contribution in [0.5, 0.6) is 0 Å². The van der Waals surface area contributed by atoms with E-state index in [0.29, 0.717) is 48.6 Å². The van der Waals surface area contributed by atoms with Crippen molar-refractivity contribution in [3.63, 3.8) is 0 Å². The average molecular weight is 1720 g/mol.